The van der Waals surface area contributed by atoms with E-state index >= 15 is 0 Å². The van der Waals surface area contributed by atoms with E-state index in [-0.39, 0.29) is 17.9 Å². The maximum absolute atomic E-state index is 13.0. The SMILES string of the molecule is CCC1C(=O)NC2(CCCCC2)C(=O)N1C1CC1C. The molecule has 3 rings (SSSR count). The van der Waals surface area contributed by atoms with Gasteiger partial charge in [-0.25, -0.2) is 0 Å². The highest BCUT2D eigenvalue weighted by Gasteiger charge is 2.55. The highest BCUT2D eigenvalue weighted by atomic mass is 16.2. The van der Waals surface area contributed by atoms with Gasteiger partial charge in [0.2, 0.25) is 11.8 Å². The molecule has 4 nitrogen and oxygen atoms in total. The van der Waals surface area contributed by atoms with E-state index in [1.54, 1.807) is 0 Å². The van der Waals surface area contributed by atoms with Crippen LogP contribution in [0, 0.1) is 5.92 Å². The number of amides is 2. The molecule has 1 N–H and O–H groups in total. The monoisotopic (exact) mass is 264 g/mol. The lowest BCUT2D eigenvalue weighted by Crippen LogP contribution is -2.71. The Labute approximate surface area is 114 Å². The number of nitrogens with zero attached hydrogens (tertiary/aromatic N) is 1. The van der Waals surface area contributed by atoms with Gasteiger partial charge in [0.05, 0.1) is 0 Å². The molecule has 106 valence electrons. The van der Waals surface area contributed by atoms with Crippen LogP contribution >= 0.6 is 0 Å². The van der Waals surface area contributed by atoms with Crippen molar-refractivity contribution < 1.29 is 9.59 Å². The molecule has 2 aliphatic carbocycles. The van der Waals surface area contributed by atoms with Crippen molar-refractivity contribution in [3.8, 4) is 0 Å². The second-order valence-corrected chi connectivity index (χ2v) is 6.55. The van der Waals surface area contributed by atoms with Gasteiger partial charge < -0.3 is 10.2 Å². The van der Waals surface area contributed by atoms with Crippen LogP contribution < -0.4 is 5.32 Å². The molecular formula is C15H24N2O2. The summed E-state index contributed by atoms with van der Waals surface area (Å²) in [5.74, 6) is 0.834. The van der Waals surface area contributed by atoms with Gasteiger partial charge in [-0.1, -0.05) is 33.1 Å². The summed E-state index contributed by atoms with van der Waals surface area (Å²) < 4.78 is 0. The van der Waals surface area contributed by atoms with Gasteiger partial charge in [0.15, 0.2) is 0 Å². The summed E-state index contributed by atoms with van der Waals surface area (Å²) in [6, 6.07) is 0.0669. The van der Waals surface area contributed by atoms with E-state index in [0.29, 0.717) is 12.0 Å². The second kappa shape index (κ2) is 4.50. The van der Waals surface area contributed by atoms with E-state index in [9.17, 15) is 9.59 Å². The summed E-state index contributed by atoms with van der Waals surface area (Å²) in [4.78, 5) is 27.3. The fraction of sp³-hybridized carbons (Fsp3) is 0.867. The van der Waals surface area contributed by atoms with Crippen LogP contribution in [0.1, 0.15) is 58.8 Å². The van der Waals surface area contributed by atoms with Crippen LogP contribution in [-0.2, 0) is 9.59 Å². The van der Waals surface area contributed by atoms with E-state index < -0.39 is 5.54 Å². The van der Waals surface area contributed by atoms with Crippen LogP contribution in [0.15, 0.2) is 0 Å². The molecule has 0 radical (unpaired) electrons. The Bertz CT molecular complexity index is 401. The quantitative estimate of drug-likeness (QED) is 0.827. The summed E-state index contributed by atoms with van der Waals surface area (Å²) in [6.45, 7) is 4.17. The van der Waals surface area contributed by atoms with Gasteiger partial charge in [-0.3, -0.25) is 9.59 Å². The zero-order valence-corrected chi connectivity index (χ0v) is 11.9. The average Bonchev–Trinajstić information content (AvgIpc) is 3.11. The maximum Gasteiger partial charge on any atom is 0.249 e. The van der Waals surface area contributed by atoms with Crippen LogP contribution in [-0.4, -0.2) is 34.3 Å². The number of nitrogens with one attached hydrogen (secondary N) is 1. The first kappa shape index (κ1) is 12.9. The number of rotatable bonds is 2. The number of carbonyl (C=O) groups excluding carboxylic acids is 2. The molecule has 2 saturated carbocycles. The Kier molecular flexibility index (Phi) is 3.06. The molecule has 19 heavy (non-hydrogen) atoms. The Balaban J connectivity index is 1.90. The number of hydrogen-bond donors (Lipinski definition) is 1. The van der Waals surface area contributed by atoms with Crippen LogP contribution in [0.3, 0.4) is 0 Å². The Morgan fingerprint density at radius 3 is 2.42 bits per heavy atom. The average molecular weight is 264 g/mol. The van der Waals surface area contributed by atoms with E-state index in [1.165, 1.54) is 6.42 Å². The topological polar surface area (TPSA) is 49.4 Å². The van der Waals surface area contributed by atoms with Gasteiger partial charge in [-0.05, 0) is 31.6 Å². The summed E-state index contributed by atoms with van der Waals surface area (Å²) in [6.07, 6.45) is 6.72. The largest absolute Gasteiger partial charge is 0.340 e. The van der Waals surface area contributed by atoms with Gasteiger partial charge in [-0.15, -0.1) is 0 Å². The first-order chi connectivity index (χ1) is 9.09. The predicted molar refractivity (Wildman–Crippen MR) is 72.5 cm³/mol. The zero-order valence-electron chi connectivity index (χ0n) is 11.9. The van der Waals surface area contributed by atoms with Gasteiger partial charge in [0.1, 0.15) is 11.6 Å². The molecule has 1 aliphatic heterocycles. The Morgan fingerprint density at radius 2 is 1.89 bits per heavy atom. The lowest BCUT2D eigenvalue weighted by atomic mass is 9.78. The number of hydrogen-bond acceptors (Lipinski definition) is 2. The molecule has 3 unspecified atom stereocenters. The first-order valence-electron chi connectivity index (χ1n) is 7.74. The first-order valence-corrected chi connectivity index (χ1v) is 7.74. The van der Waals surface area contributed by atoms with Gasteiger partial charge in [0.25, 0.3) is 0 Å². The minimum atomic E-state index is -0.566. The van der Waals surface area contributed by atoms with Crippen molar-refractivity contribution in [1.82, 2.24) is 10.2 Å². The van der Waals surface area contributed by atoms with Crippen LogP contribution in [0.4, 0.5) is 0 Å². The van der Waals surface area contributed by atoms with Crippen molar-refractivity contribution in [3.63, 3.8) is 0 Å². The van der Waals surface area contributed by atoms with Crippen molar-refractivity contribution in [2.24, 2.45) is 5.92 Å². The molecule has 0 aromatic rings. The fourth-order valence-corrected chi connectivity index (χ4v) is 3.84. The van der Waals surface area contributed by atoms with E-state index in [2.05, 4.69) is 12.2 Å². The number of piperazine rings is 1. The molecule has 3 aliphatic rings. The zero-order chi connectivity index (χ0) is 13.6. The summed E-state index contributed by atoms with van der Waals surface area (Å²) in [7, 11) is 0. The normalized spacial score (nSPS) is 37.4. The molecule has 4 heteroatoms. The van der Waals surface area contributed by atoms with Crippen molar-refractivity contribution in [2.75, 3.05) is 0 Å². The van der Waals surface area contributed by atoms with Crippen LogP contribution in [0.5, 0.6) is 0 Å². The summed E-state index contributed by atoms with van der Waals surface area (Å²) in [5.41, 5.74) is -0.566. The molecule has 1 spiro atoms. The Morgan fingerprint density at radius 1 is 1.26 bits per heavy atom. The molecule has 2 amide bonds. The molecular weight excluding hydrogens is 240 g/mol. The standard InChI is InChI=1S/C15H24N2O2/c1-3-11-13(18)16-15(7-5-4-6-8-15)14(19)17(11)12-9-10(12)2/h10-12H,3-9H2,1-2H3,(H,16,18). The highest BCUT2D eigenvalue weighted by Crippen LogP contribution is 2.42. The van der Waals surface area contributed by atoms with Gasteiger partial charge in [0, 0.05) is 6.04 Å². The van der Waals surface area contributed by atoms with Crippen molar-refractivity contribution in [2.45, 2.75) is 76.4 Å². The third-order valence-corrected chi connectivity index (χ3v) is 5.16. The van der Waals surface area contributed by atoms with Crippen LogP contribution in [0.25, 0.3) is 0 Å². The van der Waals surface area contributed by atoms with Crippen molar-refractivity contribution in [1.29, 1.82) is 0 Å². The lowest BCUT2D eigenvalue weighted by Gasteiger charge is -2.48. The summed E-state index contributed by atoms with van der Waals surface area (Å²) >= 11 is 0. The summed E-state index contributed by atoms with van der Waals surface area (Å²) in [5, 5.41) is 3.08. The number of carbonyl (C=O) groups is 2. The van der Waals surface area contributed by atoms with Crippen molar-refractivity contribution in [3.05, 3.63) is 0 Å². The third kappa shape index (κ3) is 1.96. The second-order valence-electron chi connectivity index (χ2n) is 6.55. The fourth-order valence-electron chi connectivity index (χ4n) is 3.84. The lowest BCUT2D eigenvalue weighted by molar-refractivity contribution is -0.157. The molecule has 1 heterocycles. The molecule has 0 aromatic heterocycles. The minimum absolute atomic E-state index is 0.0723. The minimum Gasteiger partial charge on any atom is -0.340 e. The molecule has 0 aromatic carbocycles. The third-order valence-electron chi connectivity index (χ3n) is 5.16. The Hall–Kier alpha value is -1.06. The van der Waals surface area contributed by atoms with Gasteiger partial charge in [-0.2, -0.15) is 0 Å². The maximum atomic E-state index is 13.0. The van der Waals surface area contributed by atoms with Crippen LogP contribution in [0.2, 0.25) is 0 Å². The molecule has 3 fully saturated rings. The predicted octanol–water partition coefficient (Wildman–Crippen LogP) is 1.83. The molecule has 0 bridgehead atoms. The molecule has 1 saturated heterocycles. The van der Waals surface area contributed by atoms with E-state index in [0.717, 1.165) is 38.5 Å². The highest BCUT2D eigenvalue weighted by molar-refractivity contribution is 6.00. The molecule has 3 atom stereocenters. The smallest absolute Gasteiger partial charge is 0.249 e. The van der Waals surface area contributed by atoms with Crippen molar-refractivity contribution >= 4 is 11.8 Å². The van der Waals surface area contributed by atoms with E-state index in [4.69, 9.17) is 0 Å². The van der Waals surface area contributed by atoms with E-state index in [1.807, 2.05) is 11.8 Å². The van der Waals surface area contributed by atoms with Gasteiger partial charge >= 0.3 is 0 Å².